The van der Waals surface area contributed by atoms with Crippen molar-refractivity contribution < 1.29 is 4.39 Å². The minimum Gasteiger partial charge on any atom is -0.350 e. The van der Waals surface area contributed by atoms with Gasteiger partial charge in [-0.1, -0.05) is 12.1 Å². The van der Waals surface area contributed by atoms with Crippen LogP contribution in [0.25, 0.3) is 0 Å². The summed E-state index contributed by atoms with van der Waals surface area (Å²) in [5.41, 5.74) is 0.988. The molecule has 2 aliphatic rings. The molecule has 2 aliphatic heterocycles. The summed E-state index contributed by atoms with van der Waals surface area (Å²) in [6.45, 7) is 6.36. The Hall–Kier alpha value is -2.48. The quantitative estimate of drug-likeness (QED) is 0.848. The minimum atomic E-state index is -0.228. The van der Waals surface area contributed by atoms with E-state index in [1.165, 1.54) is 31.4 Å². The van der Waals surface area contributed by atoms with Gasteiger partial charge in [-0.3, -0.25) is 0 Å². The van der Waals surface area contributed by atoms with Gasteiger partial charge in [0.15, 0.2) is 0 Å². The number of nitrogens with one attached hydrogen (secondary N) is 1. The summed E-state index contributed by atoms with van der Waals surface area (Å²) in [5.74, 6) is 1.85. The smallest absolute Gasteiger partial charge is 0.232 e. The lowest BCUT2D eigenvalue weighted by Crippen LogP contribution is -2.45. The average molecular weight is 385 g/mol. The third-order valence-corrected chi connectivity index (χ3v) is 5.40. The zero-order valence-electron chi connectivity index (χ0n) is 16.4. The van der Waals surface area contributed by atoms with Crippen LogP contribution in [-0.2, 0) is 6.54 Å². The number of rotatable bonds is 5. The van der Waals surface area contributed by atoms with E-state index in [9.17, 15) is 4.39 Å². The van der Waals surface area contributed by atoms with Gasteiger partial charge in [-0.2, -0.15) is 15.0 Å². The number of aromatic nitrogens is 3. The van der Waals surface area contributed by atoms with Gasteiger partial charge in [0.1, 0.15) is 5.82 Å². The molecule has 0 bridgehead atoms. The molecule has 3 heterocycles. The van der Waals surface area contributed by atoms with E-state index in [1.54, 1.807) is 12.1 Å². The van der Waals surface area contributed by atoms with Crippen LogP contribution in [0, 0.1) is 5.82 Å². The number of halogens is 1. The van der Waals surface area contributed by atoms with Crippen molar-refractivity contribution >= 4 is 17.8 Å². The molecule has 1 aromatic heterocycles. The van der Waals surface area contributed by atoms with Gasteiger partial charge in [0.05, 0.1) is 0 Å². The van der Waals surface area contributed by atoms with Crippen molar-refractivity contribution in [3.8, 4) is 0 Å². The lowest BCUT2D eigenvalue weighted by molar-refractivity contribution is 0.311. The molecule has 2 aromatic rings. The Morgan fingerprint density at radius 3 is 2.07 bits per heavy atom. The van der Waals surface area contributed by atoms with Crippen LogP contribution >= 0.6 is 0 Å². The van der Waals surface area contributed by atoms with Crippen LogP contribution in [0.15, 0.2) is 24.3 Å². The second-order valence-electron chi connectivity index (χ2n) is 7.58. The Bertz CT molecular complexity index is 769. The highest BCUT2D eigenvalue weighted by Gasteiger charge is 2.21. The second-order valence-corrected chi connectivity index (χ2v) is 7.58. The molecule has 1 aromatic carbocycles. The second kappa shape index (κ2) is 8.68. The summed E-state index contributed by atoms with van der Waals surface area (Å²) in [7, 11) is 2.14. The monoisotopic (exact) mass is 385 g/mol. The highest BCUT2D eigenvalue weighted by atomic mass is 19.1. The van der Waals surface area contributed by atoms with Gasteiger partial charge in [-0.15, -0.1) is 0 Å². The molecule has 2 saturated heterocycles. The summed E-state index contributed by atoms with van der Waals surface area (Å²) in [4.78, 5) is 21.0. The zero-order valence-corrected chi connectivity index (χ0v) is 16.4. The van der Waals surface area contributed by atoms with Crippen molar-refractivity contribution in [3.05, 3.63) is 35.6 Å². The predicted molar refractivity (Wildman–Crippen MR) is 109 cm³/mol. The molecule has 0 aliphatic carbocycles. The standard InChI is InChI=1S/C20H28FN7/c1-26-11-13-28(14-12-26)20-24-18(22-15-16-5-7-17(21)8-6-16)23-19(25-20)27-9-3-2-4-10-27/h5-8H,2-4,9-15H2,1H3,(H,22,23,24,25). The van der Waals surface area contributed by atoms with Crippen LogP contribution in [0.2, 0.25) is 0 Å². The highest BCUT2D eigenvalue weighted by Crippen LogP contribution is 2.21. The van der Waals surface area contributed by atoms with Crippen molar-refractivity contribution in [2.24, 2.45) is 0 Å². The summed E-state index contributed by atoms with van der Waals surface area (Å²) in [6, 6.07) is 6.49. The first-order valence-electron chi connectivity index (χ1n) is 10.1. The maximum absolute atomic E-state index is 13.1. The van der Waals surface area contributed by atoms with E-state index in [0.29, 0.717) is 12.5 Å². The van der Waals surface area contributed by atoms with E-state index in [0.717, 1.165) is 56.7 Å². The molecule has 28 heavy (non-hydrogen) atoms. The molecule has 150 valence electrons. The lowest BCUT2D eigenvalue weighted by Gasteiger charge is -2.33. The molecular weight excluding hydrogens is 357 g/mol. The van der Waals surface area contributed by atoms with Gasteiger partial charge >= 0.3 is 0 Å². The first-order valence-corrected chi connectivity index (χ1v) is 10.1. The molecule has 0 amide bonds. The Labute approximate surface area is 165 Å². The van der Waals surface area contributed by atoms with Crippen molar-refractivity contribution in [2.75, 3.05) is 61.4 Å². The fourth-order valence-corrected chi connectivity index (χ4v) is 3.60. The SMILES string of the molecule is CN1CCN(c2nc(NCc3ccc(F)cc3)nc(N3CCCCC3)n2)CC1. The fourth-order valence-electron chi connectivity index (χ4n) is 3.60. The van der Waals surface area contributed by atoms with Crippen LogP contribution < -0.4 is 15.1 Å². The molecule has 0 spiro atoms. The van der Waals surface area contributed by atoms with E-state index < -0.39 is 0 Å². The maximum Gasteiger partial charge on any atom is 0.232 e. The molecule has 0 radical (unpaired) electrons. The third kappa shape index (κ3) is 4.67. The number of benzene rings is 1. The molecule has 4 rings (SSSR count). The van der Waals surface area contributed by atoms with Crippen molar-refractivity contribution in [2.45, 2.75) is 25.8 Å². The predicted octanol–water partition coefficient (Wildman–Crippen LogP) is 2.36. The van der Waals surface area contributed by atoms with Crippen molar-refractivity contribution in [1.29, 1.82) is 0 Å². The minimum absolute atomic E-state index is 0.228. The number of piperidine rings is 1. The van der Waals surface area contributed by atoms with Crippen molar-refractivity contribution in [1.82, 2.24) is 19.9 Å². The Morgan fingerprint density at radius 2 is 1.43 bits per heavy atom. The number of hydrogen-bond donors (Lipinski definition) is 1. The van der Waals surface area contributed by atoms with E-state index in [-0.39, 0.29) is 5.82 Å². The zero-order chi connectivity index (χ0) is 19.3. The molecular formula is C20H28FN7. The summed E-state index contributed by atoms with van der Waals surface area (Å²) in [6.07, 6.45) is 3.62. The topological polar surface area (TPSA) is 60.4 Å². The van der Waals surface area contributed by atoms with Crippen LogP contribution in [-0.4, -0.2) is 66.2 Å². The Morgan fingerprint density at radius 1 is 0.821 bits per heavy atom. The van der Waals surface area contributed by atoms with Crippen LogP contribution in [0.5, 0.6) is 0 Å². The van der Waals surface area contributed by atoms with Gasteiger partial charge in [-0.25, -0.2) is 4.39 Å². The molecule has 0 atom stereocenters. The highest BCUT2D eigenvalue weighted by molar-refractivity contribution is 5.46. The van der Waals surface area contributed by atoms with Gasteiger partial charge < -0.3 is 20.0 Å². The third-order valence-electron chi connectivity index (χ3n) is 5.40. The van der Waals surface area contributed by atoms with Gasteiger partial charge in [-0.05, 0) is 44.0 Å². The normalized spacial score (nSPS) is 18.4. The van der Waals surface area contributed by atoms with Gasteiger partial charge in [0, 0.05) is 45.8 Å². The maximum atomic E-state index is 13.1. The van der Waals surface area contributed by atoms with Gasteiger partial charge in [0.2, 0.25) is 17.8 Å². The van der Waals surface area contributed by atoms with E-state index in [1.807, 2.05) is 0 Å². The molecule has 8 heteroatoms. The van der Waals surface area contributed by atoms with E-state index in [4.69, 9.17) is 4.98 Å². The largest absolute Gasteiger partial charge is 0.350 e. The van der Waals surface area contributed by atoms with Crippen LogP contribution in [0.3, 0.4) is 0 Å². The molecule has 0 saturated carbocycles. The number of piperazine rings is 1. The van der Waals surface area contributed by atoms with Crippen LogP contribution in [0.1, 0.15) is 24.8 Å². The van der Waals surface area contributed by atoms with Crippen LogP contribution in [0.4, 0.5) is 22.2 Å². The fraction of sp³-hybridized carbons (Fsp3) is 0.550. The molecule has 0 unspecified atom stereocenters. The van der Waals surface area contributed by atoms with Gasteiger partial charge in [0.25, 0.3) is 0 Å². The summed E-state index contributed by atoms with van der Waals surface area (Å²) >= 11 is 0. The lowest BCUT2D eigenvalue weighted by atomic mass is 10.1. The number of likely N-dealkylation sites (N-methyl/N-ethyl adjacent to an activating group) is 1. The number of anilines is 3. The Kier molecular flexibility index (Phi) is 5.85. The van der Waals surface area contributed by atoms with E-state index >= 15 is 0 Å². The summed E-state index contributed by atoms with van der Waals surface area (Å²) in [5, 5.41) is 3.30. The molecule has 1 N–H and O–H groups in total. The first-order chi connectivity index (χ1) is 13.7. The average Bonchev–Trinajstić information content (AvgIpc) is 2.74. The number of nitrogens with zero attached hydrogens (tertiary/aromatic N) is 6. The molecule has 7 nitrogen and oxygen atoms in total. The molecule has 2 fully saturated rings. The first kappa shape index (κ1) is 18.9. The Balaban J connectivity index is 1.54. The number of hydrogen-bond acceptors (Lipinski definition) is 7. The van der Waals surface area contributed by atoms with Crippen molar-refractivity contribution in [3.63, 3.8) is 0 Å². The van der Waals surface area contributed by atoms with E-state index in [2.05, 4.69) is 37.0 Å². The summed E-state index contributed by atoms with van der Waals surface area (Å²) < 4.78 is 13.1.